The predicted octanol–water partition coefficient (Wildman–Crippen LogP) is 6.32. The molecule has 2 heterocycles. The van der Waals surface area contributed by atoms with Gasteiger partial charge < -0.3 is 0 Å². The summed E-state index contributed by atoms with van der Waals surface area (Å²) in [6, 6.07) is 10.5. The number of pyridine rings is 1. The van der Waals surface area contributed by atoms with Gasteiger partial charge in [-0.15, -0.1) is 0 Å². The van der Waals surface area contributed by atoms with E-state index < -0.39 is 41.2 Å². The number of urea groups is 1. The molecule has 1 unspecified atom stereocenters. The van der Waals surface area contributed by atoms with Crippen LogP contribution in [0.1, 0.15) is 28.3 Å². The maximum atomic E-state index is 13.5. The summed E-state index contributed by atoms with van der Waals surface area (Å²) in [4.78, 5) is 18.1. The van der Waals surface area contributed by atoms with Gasteiger partial charge in [0, 0.05) is 18.9 Å². The van der Waals surface area contributed by atoms with Crippen LogP contribution in [0.4, 0.5) is 41.2 Å². The van der Waals surface area contributed by atoms with Crippen LogP contribution in [0.3, 0.4) is 0 Å². The number of hydrazone groups is 1. The summed E-state index contributed by atoms with van der Waals surface area (Å²) in [6.45, 7) is -0.102. The Morgan fingerprint density at radius 1 is 0.889 bits per heavy atom. The Kier molecular flexibility index (Phi) is 6.46. The number of benzene rings is 2. The topological polar surface area (TPSA) is 48.8 Å². The molecule has 2 amide bonds. The summed E-state index contributed by atoms with van der Waals surface area (Å²) in [5, 5.41) is 5.36. The molecule has 1 aliphatic rings. The van der Waals surface area contributed by atoms with E-state index in [1.54, 1.807) is 0 Å². The fraction of sp³-hybridized carbons (Fsp3) is 0.208. The molecule has 2 aromatic carbocycles. The average molecular weight is 510 g/mol. The van der Waals surface area contributed by atoms with Crippen molar-refractivity contribution in [1.82, 2.24) is 9.99 Å². The summed E-state index contributed by atoms with van der Waals surface area (Å²) < 4.78 is 90.9. The minimum atomic E-state index is -4.58. The van der Waals surface area contributed by atoms with Gasteiger partial charge in [0.25, 0.3) is 0 Å². The van der Waals surface area contributed by atoms with Gasteiger partial charge in [0.1, 0.15) is 5.82 Å². The third kappa shape index (κ3) is 5.16. The molecule has 188 valence electrons. The fourth-order valence-electron chi connectivity index (χ4n) is 3.67. The molecule has 1 atom stereocenters. The second-order valence-corrected chi connectivity index (χ2v) is 7.98. The van der Waals surface area contributed by atoms with E-state index in [4.69, 9.17) is 0 Å². The number of carbonyl (C=O) groups is 1. The second-order valence-electron chi connectivity index (χ2n) is 7.98. The number of hydrogen-bond acceptors (Lipinski definition) is 3. The molecule has 0 N–H and O–H groups in total. The van der Waals surface area contributed by atoms with E-state index in [9.17, 15) is 35.5 Å². The van der Waals surface area contributed by atoms with E-state index in [0.29, 0.717) is 11.8 Å². The van der Waals surface area contributed by atoms with E-state index in [2.05, 4.69) is 10.1 Å². The van der Waals surface area contributed by atoms with E-state index in [0.717, 1.165) is 40.2 Å². The monoisotopic (exact) mass is 510 g/mol. The highest BCUT2D eigenvalue weighted by atomic mass is 19.4. The number of alkyl halides is 6. The van der Waals surface area contributed by atoms with Crippen molar-refractivity contribution in [2.45, 2.75) is 18.3 Å². The van der Waals surface area contributed by atoms with Crippen molar-refractivity contribution in [1.29, 1.82) is 0 Å². The Hall–Kier alpha value is -3.96. The molecule has 12 heteroatoms. The number of hydrogen-bond donors (Lipinski definition) is 0. The smallest absolute Gasteiger partial charge is 0.296 e. The maximum Gasteiger partial charge on any atom is 0.417 e. The lowest BCUT2D eigenvalue weighted by Gasteiger charge is -2.23. The molecule has 5 nitrogen and oxygen atoms in total. The molecular weight excluding hydrogens is 493 g/mol. The van der Waals surface area contributed by atoms with Crippen LogP contribution in [-0.2, 0) is 12.4 Å². The number of halogens is 7. The van der Waals surface area contributed by atoms with Crippen LogP contribution in [0.5, 0.6) is 0 Å². The summed E-state index contributed by atoms with van der Waals surface area (Å²) in [5.41, 5.74) is -0.744. The van der Waals surface area contributed by atoms with Crippen molar-refractivity contribution < 1.29 is 35.5 Å². The maximum absolute atomic E-state index is 13.5. The third-order valence-electron chi connectivity index (χ3n) is 5.61. The van der Waals surface area contributed by atoms with Gasteiger partial charge in [-0.2, -0.15) is 31.4 Å². The van der Waals surface area contributed by atoms with Gasteiger partial charge in [0.15, 0.2) is 0 Å². The predicted molar refractivity (Wildman–Crippen MR) is 117 cm³/mol. The summed E-state index contributed by atoms with van der Waals surface area (Å²) >= 11 is 0. The lowest BCUT2D eigenvalue weighted by Crippen LogP contribution is -2.37. The Morgan fingerprint density at radius 3 is 2.00 bits per heavy atom. The van der Waals surface area contributed by atoms with Crippen LogP contribution < -0.4 is 4.90 Å². The second kappa shape index (κ2) is 9.25. The first-order chi connectivity index (χ1) is 16.8. The molecular formula is C24H17F7N4O. The normalized spacial score (nSPS) is 16.2. The van der Waals surface area contributed by atoms with Gasteiger partial charge in [-0.25, -0.2) is 14.2 Å². The molecule has 1 aliphatic heterocycles. The molecule has 0 fully saturated rings. The van der Waals surface area contributed by atoms with E-state index in [1.165, 1.54) is 37.4 Å². The van der Waals surface area contributed by atoms with Crippen LogP contribution in [-0.4, -0.2) is 35.3 Å². The van der Waals surface area contributed by atoms with Gasteiger partial charge in [-0.1, -0.05) is 12.1 Å². The Bertz CT molecular complexity index is 1270. The van der Waals surface area contributed by atoms with Crippen molar-refractivity contribution >= 4 is 17.4 Å². The third-order valence-corrected chi connectivity index (χ3v) is 5.61. The lowest BCUT2D eigenvalue weighted by molar-refractivity contribution is -0.138. The van der Waals surface area contributed by atoms with E-state index in [1.807, 2.05) is 0 Å². The Balaban J connectivity index is 1.64. The van der Waals surface area contributed by atoms with Crippen LogP contribution in [0.15, 0.2) is 72.0 Å². The minimum Gasteiger partial charge on any atom is -0.296 e. The Morgan fingerprint density at radius 2 is 1.47 bits per heavy atom. The van der Waals surface area contributed by atoms with Crippen molar-refractivity contribution in [3.05, 3.63) is 95.1 Å². The van der Waals surface area contributed by atoms with Crippen LogP contribution in [0.2, 0.25) is 0 Å². The van der Waals surface area contributed by atoms with Crippen LogP contribution >= 0.6 is 0 Å². The number of rotatable bonds is 3. The van der Waals surface area contributed by atoms with Gasteiger partial charge in [-0.05, 0) is 54.1 Å². The molecule has 1 aromatic heterocycles. The molecule has 0 saturated carbocycles. The summed E-state index contributed by atoms with van der Waals surface area (Å²) in [6.07, 6.45) is -8.44. The first-order valence-corrected chi connectivity index (χ1v) is 10.4. The SMILES string of the molecule is CN(C(=O)N1CC(c2ccc(C(F)(F)F)cn2)C(c2ccc(F)cc2)=N1)c1ccc(C(F)(F)F)cc1. The van der Waals surface area contributed by atoms with E-state index in [-0.39, 0.29) is 23.6 Å². The average Bonchev–Trinajstić information content (AvgIpc) is 3.28. The van der Waals surface area contributed by atoms with E-state index >= 15 is 0 Å². The standard InChI is InChI=1S/C24H17F7N4O/c1-34(18-9-4-15(5-10-18)23(26,27)28)22(36)35-13-19(20-11-6-16(12-32-20)24(29,30)31)21(33-35)14-2-7-17(25)8-3-14/h2-12,19H,13H2,1H3. The van der Waals surface area contributed by atoms with Crippen LogP contribution in [0, 0.1) is 5.82 Å². The molecule has 3 aromatic rings. The van der Waals surface area contributed by atoms with Crippen molar-refractivity contribution in [3.63, 3.8) is 0 Å². The highest BCUT2D eigenvalue weighted by Crippen LogP contribution is 2.33. The largest absolute Gasteiger partial charge is 0.417 e. The van der Waals surface area contributed by atoms with Crippen molar-refractivity contribution in [2.75, 3.05) is 18.5 Å². The van der Waals surface area contributed by atoms with Crippen molar-refractivity contribution in [3.8, 4) is 0 Å². The quantitative estimate of drug-likeness (QED) is 0.388. The van der Waals surface area contributed by atoms with Crippen LogP contribution in [0.25, 0.3) is 0 Å². The molecule has 36 heavy (non-hydrogen) atoms. The number of carbonyl (C=O) groups excluding carboxylic acids is 1. The zero-order valence-electron chi connectivity index (χ0n) is 18.5. The minimum absolute atomic E-state index is 0.102. The Labute approximate surface area is 200 Å². The summed E-state index contributed by atoms with van der Waals surface area (Å²) in [5.74, 6) is -1.25. The van der Waals surface area contributed by atoms with Crippen molar-refractivity contribution in [2.24, 2.45) is 5.10 Å². The number of amides is 2. The zero-order valence-corrected chi connectivity index (χ0v) is 18.5. The molecule has 0 spiro atoms. The van der Waals surface area contributed by atoms with Gasteiger partial charge in [0.05, 0.1) is 35.0 Å². The number of nitrogens with zero attached hydrogens (tertiary/aromatic N) is 4. The number of anilines is 1. The first-order valence-electron chi connectivity index (χ1n) is 10.4. The first kappa shape index (κ1) is 25.1. The van der Waals surface area contributed by atoms with Gasteiger partial charge in [0.2, 0.25) is 0 Å². The highest BCUT2D eigenvalue weighted by Gasteiger charge is 2.36. The van der Waals surface area contributed by atoms with Gasteiger partial charge >= 0.3 is 18.4 Å². The number of aromatic nitrogens is 1. The molecule has 0 saturated heterocycles. The lowest BCUT2D eigenvalue weighted by atomic mass is 9.94. The fourth-order valence-corrected chi connectivity index (χ4v) is 3.67. The molecule has 0 bridgehead atoms. The molecule has 0 aliphatic carbocycles. The van der Waals surface area contributed by atoms with Gasteiger partial charge in [-0.3, -0.25) is 9.88 Å². The molecule has 0 radical (unpaired) electrons. The highest BCUT2D eigenvalue weighted by molar-refractivity contribution is 6.07. The summed E-state index contributed by atoms with van der Waals surface area (Å²) in [7, 11) is 1.35. The zero-order chi connectivity index (χ0) is 26.3. The molecule has 4 rings (SSSR count).